The summed E-state index contributed by atoms with van der Waals surface area (Å²) in [6.07, 6.45) is 4.37. The van der Waals surface area contributed by atoms with Gasteiger partial charge in [-0.15, -0.1) is 11.8 Å². The second-order valence-corrected chi connectivity index (χ2v) is 7.22. The minimum absolute atomic E-state index is 0.0889. The SMILES string of the molecule is CC=CCC(CNC(=O)c1ccccc1)(Oc1ccccc1)SCC(N)=O. The van der Waals surface area contributed by atoms with Crippen molar-refractivity contribution in [3.8, 4) is 5.75 Å². The third-order valence-electron chi connectivity index (χ3n) is 3.74. The van der Waals surface area contributed by atoms with Gasteiger partial charge in [0.05, 0.1) is 12.3 Å². The molecule has 0 fully saturated rings. The third kappa shape index (κ3) is 6.83. The fourth-order valence-electron chi connectivity index (χ4n) is 2.40. The minimum atomic E-state index is -0.854. The molecule has 27 heavy (non-hydrogen) atoms. The summed E-state index contributed by atoms with van der Waals surface area (Å²) in [5.74, 6) is 0.117. The van der Waals surface area contributed by atoms with Crippen molar-refractivity contribution >= 4 is 23.6 Å². The van der Waals surface area contributed by atoms with E-state index in [4.69, 9.17) is 10.5 Å². The maximum Gasteiger partial charge on any atom is 0.251 e. The first-order valence-electron chi connectivity index (χ1n) is 8.65. The van der Waals surface area contributed by atoms with Crippen LogP contribution in [0.15, 0.2) is 72.8 Å². The molecule has 2 aromatic carbocycles. The quantitative estimate of drug-likeness (QED) is 0.486. The molecule has 2 aromatic rings. The van der Waals surface area contributed by atoms with Crippen LogP contribution in [0.4, 0.5) is 0 Å². The molecule has 142 valence electrons. The van der Waals surface area contributed by atoms with E-state index in [-0.39, 0.29) is 18.2 Å². The van der Waals surface area contributed by atoms with Crippen LogP contribution in [0.1, 0.15) is 23.7 Å². The number of rotatable bonds is 10. The van der Waals surface area contributed by atoms with Gasteiger partial charge in [-0.2, -0.15) is 0 Å². The number of hydrogen-bond acceptors (Lipinski definition) is 4. The molecule has 0 aliphatic heterocycles. The van der Waals surface area contributed by atoms with Gasteiger partial charge in [-0.05, 0) is 31.2 Å². The first kappa shape index (κ1) is 20.6. The van der Waals surface area contributed by atoms with E-state index in [1.807, 2.05) is 67.6 Å². The minimum Gasteiger partial charge on any atom is -0.474 e. The van der Waals surface area contributed by atoms with Gasteiger partial charge in [0.1, 0.15) is 5.75 Å². The van der Waals surface area contributed by atoms with Crippen LogP contribution in [0.2, 0.25) is 0 Å². The van der Waals surface area contributed by atoms with E-state index in [0.717, 1.165) is 0 Å². The highest BCUT2D eigenvalue weighted by molar-refractivity contribution is 8.01. The van der Waals surface area contributed by atoms with E-state index in [2.05, 4.69) is 5.32 Å². The standard InChI is InChI=1S/C21H24N2O3S/c1-2-3-14-21(27-15-19(22)24,26-18-12-8-5-9-13-18)16-23-20(25)17-10-6-4-7-11-17/h2-13H,14-16H2,1H3,(H2,22,24)(H,23,25). The lowest BCUT2D eigenvalue weighted by atomic mass is 10.2. The summed E-state index contributed by atoms with van der Waals surface area (Å²) in [5.41, 5.74) is 5.91. The Morgan fingerprint density at radius 2 is 1.74 bits per heavy atom. The molecule has 0 aromatic heterocycles. The van der Waals surface area contributed by atoms with Gasteiger partial charge in [-0.25, -0.2) is 0 Å². The average Bonchev–Trinajstić information content (AvgIpc) is 2.70. The van der Waals surface area contributed by atoms with Crippen molar-refractivity contribution in [2.45, 2.75) is 18.3 Å². The first-order chi connectivity index (χ1) is 13.0. The zero-order valence-electron chi connectivity index (χ0n) is 15.3. The monoisotopic (exact) mass is 384 g/mol. The van der Waals surface area contributed by atoms with Gasteiger partial charge >= 0.3 is 0 Å². The molecule has 1 unspecified atom stereocenters. The lowest BCUT2D eigenvalue weighted by molar-refractivity contribution is -0.115. The topological polar surface area (TPSA) is 81.4 Å². The van der Waals surface area contributed by atoms with Crippen LogP contribution in [0.25, 0.3) is 0 Å². The van der Waals surface area contributed by atoms with Crippen LogP contribution >= 0.6 is 11.8 Å². The molecule has 0 saturated carbocycles. The van der Waals surface area contributed by atoms with Crippen molar-refractivity contribution < 1.29 is 14.3 Å². The Morgan fingerprint density at radius 3 is 2.33 bits per heavy atom. The van der Waals surface area contributed by atoms with Crippen LogP contribution < -0.4 is 15.8 Å². The fraction of sp³-hybridized carbons (Fsp3) is 0.238. The lowest BCUT2D eigenvalue weighted by Gasteiger charge is -2.33. The predicted molar refractivity (Wildman–Crippen MR) is 110 cm³/mol. The van der Waals surface area contributed by atoms with Gasteiger partial charge in [0.15, 0.2) is 4.93 Å². The van der Waals surface area contributed by atoms with Crippen molar-refractivity contribution in [2.24, 2.45) is 5.73 Å². The van der Waals surface area contributed by atoms with Gasteiger partial charge in [0, 0.05) is 12.0 Å². The summed E-state index contributed by atoms with van der Waals surface area (Å²) in [7, 11) is 0. The predicted octanol–water partition coefficient (Wildman–Crippen LogP) is 3.38. The average molecular weight is 385 g/mol. The van der Waals surface area contributed by atoms with Crippen molar-refractivity contribution in [2.75, 3.05) is 12.3 Å². The van der Waals surface area contributed by atoms with Gasteiger partial charge < -0.3 is 15.8 Å². The highest BCUT2D eigenvalue weighted by atomic mass is 32.2. The summed E-state index contributed by atoms with van der Waals surface area (Å²) in [4.78, 5) is 23.0. The van der Waals surface area contributed by atoms with Crippen LogP contribution in [0.5, 0.6) is 5.75 Å². The van der Waals surface area contributed by atoms with Crippen LogP contribution in [0, 0.1) is 0 Å². The Labute approximate surface area is 164 Å². The molecule has 2 amide bonds. The van der Waals surface area contributed by atoms with E-state index in [0.29, 0.717) is 17.7 Å². The van der Waals surface area contributed by atoms with Crippen LogP contribution in [0.3, 0.4) is 0 Å². The number of nitrogens with one attached hydrogen (secondary N) is 1. The van der Waals surface area contributed by atoms with Crippen molar-refractivity contribution in [1.82, 2.24) is 5.32 Å². The number of nitrogens with two attached hydrogens (primary N) is 1. The molecule has 1 atom stereocenters. The number of hydrogen-bond donors (Lipinski definition) is 2. The molecule has 2 rings (SSSR count). The van der Waals surface area contributed by atoms with Crippen molar-refractivity contribution in [1.29, 1.82) is 0 Å². The number of para-hydroxylation sites is 1. The summed E-state index contributed by atoms with van der Waals surface area (Å²) in [6, 6.07) is 18.3. The largest absolute Gasteiger partial charge is 0.474 e. The van der Waals surface area contributed by atoms with Crippen molar-refractivity contribution in [3.05, 3.63) is 78.4 Å². The molecule has 0 spiro atoms. The maximum atomic E-state index is 12.5. The number of thioether (sulfide) groups is 1. The van der Waals surface area contributed by atoms with E-state index < -0.39 is 10.8 Å². The van der Waals surface area contributed by atoms with Crippen LogP contribution in [-0.4, -0.2) is 29.0 Å². The van der Waals surface area contributed by atoms with E-state index >= 15 is 0 Å². The maximum absolute atomic E-state index is 12.5. The molecule has 3 N–H and O–H groups in total. The zero-order chi connectivity index (χ0) is 19.5. The molecule has 0 saturated heterocycles. The summed E-state index contributed by atoms with van der Waals surface area (Å²) in [6.45, 7) is 2.13. The van der Waals surface area contributed by atoms with Gasteiger partial charge in [-0.3, -0.25) is 9.59 Å². The number of primary amides is 1. The second-order valence-electron chi connectivity index (χ2n) is 5.90. The number of amides is 2. The molecule has 0 radical (unpaired) electrons. The normalized spacial score (nSPS) is 13.1. The number of carbonyl (C=O) groups is 2. The Balaban J connectivity index is 2.21. The molecular weight excluding hydrogens is 360 g/mol. The lowest BCUT2D eigenvalue weighted by Crippen LogP contribution is -2.45. The van der Waals surface area contributed by atoms with E-state index in [9.17, 15) is 9.59 Å². The molecule has 5 nitrogen and oxygen atoms in total. The number of ether oxygens (including phenoxy) is 1. The Kier molecular flexibility index (Phi) is 7.95. The smallest absolute Gasteiger partial charge is 0.251 e. The molecule has 6 heteroatoms. The van der Waals surface area contributed by atoms with Gasteiger partial charge in [0.25, 0.3) is 5.91 Å². The molecule has 0 aliphatic carbocycles. The molecule has 0 aliphatic rings. The zero-order valence-corrected chi connectivity index (χ0v) is 16.1. The highest BCUT2D eigenvalue weighted by Crippen LogP contribution is 2.32. The Hall–Kier alpha value is -2.73. The number of allylic oxidation sites excluding steroid dienone is 1. The third-order valence-corrected chi connectivity index (χ3v) is 5.09. The summed E-state index contributed by atoms with van der Waals surface area (Å²) < 4.78 is 6.23. The first-order valence-corrected chi connectivity index (χ1v) is 9.64. The summed E-state index contributed by atoms with van der Waals surface area (Å²) in [5, 5.41) is 2.92. The second kappa shape index (κ2) is 10.4. The molecular formula is C21H24N2O3S. The van der Waals surface area contributed by atoms with Crippen molar-refractivity contribution in [3.63, 3.8) is 0 Å². The molecule has 0 bridgehead atoms. The van der Waals surface area contributed by atoms with E-state index in [1.165, 1.54) is 11.8 Å². The van der Waals surface area contributed by atoms with E-state index in [1.54, 1.807) is 12.1 Å². The summed E-state index contributed by atoms with van der Waals surface area (Å²) >= 11 is 1.29. The number of benzene rings is 2. The highest BCUT2D eigenvalue weighted by Gasteiger charge is 2.33. The molecule has 0 heterocycles. The van der Waals surface area contributed by atoms with Gasteiger partial charge in [0.2, 0.25) is 5.91 Å². The fourth-order valence-corrected chi connectivity index (χ4v) is 3.35. The Morgan fingerprint density at radius 1 is 1.11 bits per heavy atom. The Bertz CT molecular complexity index is 766. The number of carbonyl (C=O) groups excluding carboxylic acids is 2. The van der Waals surface area contributed by atoms with Gasteiger partial charge in [-0.1, -0.05) is 48.6 Å². The van der Waals surface area contributed by atoms with Crippen LogP contribution in [-0.2, 0) is 4.79 Å².